The number of hydrogen-bond donors (Lipinski definition) is 2. The SMILES string of the molecule is CC(C)C(C)(C)CNS(=O)(=O)N1CCC(CO)CC1. The molecule has 6 heteroatoms. The summed E-state index contributed by atoms with van der Waals surface area (Å²) in [6, 6.07) is 0. The zero-order valence-electron chi connectivity index (χ0n) is 12.5. The Balaban J connectivity index is 2.53. The highest BCUT2D eigenvalue weighted by Crippen LogP contribution is 2.25. The smallest absolute Gasteiger partial charge is 0.279 e. The molecule has 1 rings (SSSR count). The average Bonchev–Trinajstić information content (AvgIpc) is 2.36. The van der Waals surface area contributed by atoms with Gasteiger partial charge in [-0.05, 0) is 30.1 Å². The molecule has 0 radical (unpaired) electrons. The molecule has 0 aromatic carbocycles. The van der Waals surface area contributed by atoms with E-state index in [0.29, 0.717) is 25.6 Å². The first kappa shape index (κ1) is 16.9. The lowest BCUT2D eigenvalue weighted by Gasteiger charge is -2.33. The Kier molecular flexibility index (Phi) is 5.79. The van der Waals surface area contributed by atoms with E-state index in [2.05, 4.69) is 32.4 Å². The van der Waals surface area contributed by atoms with Gasteiger partial charge in [0.2, 0.25) is 0 Å². The highest BCUT2D eigenvalue weighted by Gasteiger charge is 2.30. The van der Waals surface area contributed by atoms with E-state index in [4.69, 9.17) is 5.11 Å². The molecule has 0 bridgehead atoms. The normalized spacial score (nSPS) is 20.1. The van der Waals surface area contributed by atoms with E-state index < -0.39 is 10.2 Å². The lowest BCUT2D eigenvalue weighted by Crippen LogP contribution is -2.48. The molecule has 1 aliphatic rings. The van der Waals surface area contributed by atoms with E-state index in [9.17, 15) is 8.42 Å². The predicted molar refractivity (Wildman–Crippen MR) is 76.9 cm³/mol. The zero-order valence-corrected chi connectivity index (χ0v) is 13.3. The minimum atomic E-state index is -3.38. The van der Waals surface area contributed by atoms with Crippen LogP contribution in [-0.4, -0.2) is 44.1 Å². The first-order valence-electron chi connectivity index (χ1n) is 7.04. The van der Waals surface area contributed by atoms with E-state index >= 15 is 0 Å². The molecule has 19 heavy (non-hydrogen) atoms. The Bertz CT molecular complexity index is 371. The van der Waals surface area contributed by atoms with Gasteiger partial charge in [0.1, 0.15) is 0 Å². The van der Waals surface area contributed by atoms with Crippen molar-refractivity contribution in [3.63, 3.8) is 0 Å². The molecule has 1 aliphatic heterocycles. The van der Waals surface area contributed by atoms with Crippen LogP contribution < -0.4 is 4.72 Å². The molecule has 0 saturated carbocycles. The van der Waals surface area contributed by atoms with Gasteiger partial charge in [-0.25, -0.2) is 4.72 Å². The van der Waals surface area contributed by atoms with Gasteiger partial charge in [0.25, 0.3) is 10.2 Å². The van der Waals surface area contributed by atoms with Gasteiger partial charge in [-0.1, -0.05) is 27.7 Å². The summed E-state index contributed by atoms with van der Waals surface area (Å²) in [5.74, 6) is 0.661. The predicted octanol–water partition coefficient (Wildman–Crippen LogP) is 1.21. The maximum Gasteiger partial charge on any atom is 0.279 e. The van der Waals surface area contributed by atoms with Crippen LogP contribution in [0.3, 0.4) is 0 Å². The fraction of sp³-hybridized carbons (Fsp3) is 1.00. The molecule has 1 heterocycles. The molecule has 1 saturated heterocycles. The minimum Gasteiger partial charge on any atom is -0.396 e. The molecule has 2 N–H and O–H groups in total. The third kappa shape index (κ3) is 4.70. The first-order valence-corrected chi connectivity index (χ1v) is 8.48. The van der Waals surface area contributed by atoms with Crippen molar-refractivity contribution in [1.29, 1.82) is 0 Å². The number of aliphatic hydroxyl groups is 1. The second kappa shape index (κ2) is 6.52. The molecule has 0 aromatic heterocycles. The molecule has 5 nitrogen and oxygen atoms in total. The highest BCUT2D eigenvalue weighted by molar-refractivity contribution is 7.87. The van der Waals surface area contributed by atoms with Gasteiger partial charge in [0, 0.05) is 26.2 Å². The number of hydrogen-bond acceptors (Lipinski definition) is 3. The van der Waals surface area contributed by atoms with Crippen molar-refractivity contribution >= 4 is 10.2 Å². The van der Waals surface area contributed by atoms with Crippen LogP contribution in [0.5, 0.6) is 0 Å². The number of aliphatic hydroxyl groups excluding tert-OH is 1. The lowest BCUT2D eigenvalue weighted by atomic mass is 9.81. The van der Waals surface area contributed by atoms with Crippen molar-refractivity contribution in [2.45, 2.75) is 40.5 Å². The van der Waals surface area contributed by atoms with Crippen LogP contribution in [0.15, 0.2) is 0 Å². The fourth-order valence-corrected chi connectivity index (χ4v) is 3.33. The van der Waals surface area contributed by atoms with E-state index in [1.54, 1.807) is 0 Å². The van der Waals surface area contributed by atoms with Gasteiger partial charge in [-0.15, -0.1) is 0 Å². The number of nitrogens with zero attached hydrogens (tertiary/aromatic N) is 1. The summed E-state index contributed by atoms with van der Waals surface area (Å²) in [5.41, 5.74) is -0.0590. The largest absolute Gasteiger partial charge is 0.396 e. The molecular weight excluding hydrogens is 264 g/mol. The topological polar surface area (TPSA) is 69.6 Å². The minimum absolute atomic E-state index is 0.0590. The zero-order chi connectivity index (χ0) is 14.7. The molecule has 0 unspecified atom stereocenters. The summed E-state index contributed by atoms with van der Waals surface area (Å²) in [6.07, 6.45) is 1.48. The molecule has 114 valence electrons. The highest BCUT2D eigenvalue weighted by atomic mass is 32.2. The quantitative estimate of drug-likeness (QED) is 0.773. The molecule has 0 spiro atoms. The number of piperidine rings is 1. The number of nitrogens with one attached hydrogen (secondary N) is 1. The summed E-state index contributed by atoms with van der Waals surface area (Å²) in [7, 11) is -3.38. The molecule has 0 aliphatic carbocycles. The Morgan fingerprint density at radius 3 is 2.26 bits per heavy atom. The second-order valence-corrected chi connectivity index (χ2v) is 8.25. The molecule has 0 amide bonds. The summed E-state index contributed by atoms with van der Waals surface area (Å²) < 4.78 is 28.6. The van der Waals surface area contributed by atoms with Crippen molar-refractivity contribution in [2.24, 2.45) is 17.3 Å². The maximum absolute atomic E-state index is 12.2. The molecule has 0 atom stereocenters. The van der Waals surface area contributed by atoms with Gasteiger partial charge in [0.15, 0.2) is 0 Å². The van der Waals surface area contributed by atoms with Crippen LogP contribution in [-0.2, 0) is 10.2 Å². The Labute approximate surface area is 117 Å². The van der Waals surface area contributed by atoms with Gasteiger partial charge in [0.05, 0.1) is 0 Å². The summed E-state index contributed by atoms with van der Waals surface area (Å²) in [5, 5.41) is 9.07. The maximum atomic E-state index is 12.2. The Hall–Kier alpha value is -0.170. The summed E-state index contributed by atoms with van der Waals surface area (Å²) in [6.45, 7) is 9.94. The first-order chi connectivity index (χ1) is 8.69. The van der Waals surface area contributed by atoms with Crippen molar-refractivity contribution in [1.82, 2.24) is 9.03 Å². The molecule has 0 aromatic rings. The third-order valence-electron chi connectivity index (χ3n) is 4.44. The third-order valence-corrected chi connectivity index (χ3v) is 6.00. The van der Waals surface area contributed by atoms with Crippen molar-refractivity contribution in [3.05, 3.63) is 0 Å². The lowest BCUT2D eigenvalue weighted by molar-refractivity contribution is 0.168. The second-order valence-electron chi connectivity index (χ2n) is 6.49. The van der Waals surface area contributed by atoms with E-state index in [0.717, 1.165) is 12.8 Å². The standard InChI is InChI=1S/C13H28N2O3S/c1-11(2)13(3,4)10-14-19(17,18)15-7-5-12(9-16)6-8-15/h11-12,14,16H,5-10H2,1-4H3. The van der Waals surface area contributed by atoms with Gasteiger partial charge < -0.3 is 5.11 Å². The average molecular weight is 292 g/mol. The van der Waals surface area contributed by atoms with Crippen molar-refractivity contribution < 1.29 is 13.5 Å². The van der Waals surface area contributed by atoms with Crippen LogP contribution >= 0.6 is 0 Å². The van der Waals surface area contributed by atoms with Crippen LogP contribution in [0.25, 0.3) is 0 Å². The summed E-state index contributed by atoms with van der Waals surface area (Å²) >= 11 is 0. The molecule has 1 fully saturated rings. The fourth-order valence-electron chi connectivity index (χ4n) is 1.90. The van der Waals surface area contributed by atoms with E-state index in [-0.39, 0.29) is 17.9 Å². The van der Waals surface area contributed by atoms with Crippen LogP contribution in [0.1, 0.15) is 40.5 Å². The van der Waals surface area contributed by atoms with E-state index in [1.165, 1.54) is 4.31 Å². The van der Waals surface area contributed by atoms with Gasteiger partial charge in [-0.2, -0.15) is 12.7 Å². The molecular formula is C13H28N2O3S. The van der Waals surface area contributed by atoms with Crippen molar-refractivity contribution in [2.75, 3.05) is 26.2 Å². The van der Waals surface area contributed by atoms with Gasteiger partial charge in [-0.3, -0.25) is 0 Å². The van der Waals surface area contributed by atoms with Crippen LogP contribution in [0.2, 0.25) is 0 Å². The van der Waals surface area contributed by atoms with E-state index in [1.807, 2.05) is 0 Å². The van der Waals surface area contributed by atoms with Crippen LogP contribution in [0, 0.1) is 17.3 Å². The monoisotopic (exact) mass is 292 g/mol. The summed E-state index contributed by atoms with van der Waals surface area (Å²) in [4.78, 5) is 0. The van der Waals surface area contributed by atoms with Crippen LogP contribution in [0.4, 0.5) is 0 Å². The Morgan fingerprint density at radius 2 is 1.84 bits per heavy atom. The Morgan fingerprint density at radius 1 is 1.32 bits per heavy atom. The van der Waals surface area contributed by atoms with Gasteiger partial charge >= 0.3 is 0 Å². The van der Waals surface area contributed by atoms with Crippen molar-refractivity contribution in [3.8, 4) is 0 Å². The number of rotatable bonds is 6.